The number of benzene rings is 3. The van der Waals surface area contributed by atoms with E-state index in [-0.39, 0.29) is 11.4 Å². The number of carbonyl (C=O) groups is 1. The number of hydrogen-bond donors (Lipinski definition) is 1. The van der Waals surface area contributed by atoms with Gasteiger partial charge in [0.25, 0.3) is 0 Å². The van der Waals surface area contributed by atoms with Gasteiger partial charge >= 0.3 is 6.18 Å². The number of hydrogen-bond acceptors (Lipinski definition) is 3. The Morgan fingerprint density at radius 2 is 1.72 bits per heavy atom. The normalized spacial score (nSPS) is 17.6. The highest BCUT2D eigenvalue weighted by atomic mass is 19.4. The Bertz CT molecular complexity index is 1230. The van der Waals surface area contributed by atoms with Gasteiger partial charge in [0.05, 0.1) is 11.3 Å². The van der Waals surface area contributed by atoms with Crippen molar-refractivity contribution < 1.29 is 22.4 Å². The van der Waals surface area contributed by atoms with E-state index in [9.17, 15) is 22.4 Å². The molecular formula is C24H17F4N3O. The van der Waals surface area contributed by atoms with Crippen molar-refractivity contribution in [3.8, 4) is 0 Å². The van der Waals surface area contributed by atoms with Crippen LogP contribution in [0.3, 0.4) is 0 Å². The van der Waals surface area contributed by atoms with Crippen molar-refractivity contribution in [1.29, 1.82) is 0 Å². The zero-order valence-electron chi connectivity index (χ0n) is 16.7. The number of alkyl halides is 3. The van der Waals surface area contributed by atoms with E-state index in [2.05, 4.69) is 10.3 Å². The second-order valence-corrected chi connectivity index (χ2v) is 7.80. The Balaban J connectivity index is 1.45. The van der Waals surface area contributed by atoms with Crippen LogP contribution >= 0.6 is 0 Å². The van der Waals surface area contributed by atoms with Crippen LogP contribution in [0.2, 0.25) is 0 Å². The summed E-state index contributed by atoms with van der Waals surface area (Å²) in [6.07, 6.45) is -3.27. The second kappa shape index (κ2) is 7.47. The summed E-state index contributed by atoms with van der Waals surface area (Å²) in [5.41, 5.74) is 2.27. The molecule has 162 valence electrons. The zero-order chi connectivity index (χ0) is 22.5. The van der Waals surface area contributed by atoms with E-state index < -0.39 is 29.4 Å². The van der Waals surface area contributed by atoms with Crippen LogP contribution in [0.5, 0.6) is 0 Å². The lowest BCUT2D eigenvalue weighted by Gasteiger charge is -2.23. The van der Waals surface area contributed by atoms with E-state index in [1.807, 2.05) is 24.3 Å². The molecule has 0 aromatic heterocycles. The smallest absolute Gasteiger partial charge is 0.362 e. The number of nitrogens with zero attached hydrogens (tertiary/aromatic N) is 2. The van der Waals surface area contributed by atoms with E-state index in [0.717, 1.165) is 17.2 Å². The van der Waals surface area contributed by atoms with Gasteiger partial charge in [0.15, 0.2) is 0 Å². The van der Waals surface area contributed by atoms with E-state index in [1.165, 1.54) is 36.5 Å². The molecule has 3 aromatic carbocycles. The Morgan fingerprint density at radius 3 is 2.41 bits per heavy atom. The summed E-state index contributed by atoms with van der Waals surface area (Å²) in [6, 6.07) is 15.4. The molecule has 2 aliphatic rings. The third-order valence-electron chi connectivity index (χ3n) is 5.73. The molecule has 4 nitrogen and oxygen atoms in total. The summed E-state index contributed by atoms with van der Waals surface area (Å²) in [4.78, 5) is 18.0. The van der Waals surface area contributed by atoms with Crippen LogP contribution in [-0.4, -0.2) is 12.1 Å². The molecule has 1 amide bonds. The van der Waals surface area contributed by atoms with E-state index in [0.29, 0.717) is 24.3 Å². The number of halogens is 4. The lowest BCUT2D eigenvalue weighted by atomic mass is 10.0. The second-order valence-electron chi connectivity index (χ2n) is 7.80. The third kappa shape index (κ3) is 3.62. The molecular weight excluding hydrogens is 422 g/mol. The minimum Gasteiger partial charge on any atom is -0.362 e. The fourth-order valence-corrected chi connectivity index (χ4v) is 4.18. The van der Waals surface area contributed by atoms with Gasteiger partial charge < -0.3 is 10.2 Å². The highest BCUT2D eigenvalue weighted by Gasteiger charge is 2.36. The molecule has 0 aliphatic carbocycles. The molecule has 32 heavy (non-hydrogen) atoms. The Kier molecular flexibility index (Phi) is 4.73. The van der Waals surface area contributed by atoms with Gasteiger partial charge in [0, 0.05) is 30.7 Å². The summed E-state index contributed by atoms with van der Waals surface area (Å²) in [6.45, 7) is 0.801. The molecule has 2 heterocycles. The zero-order valence-corrected chi connectivity index (χ0v) is 16.7. The number of anilines is 2. The van der Waals surface area contributed by atoms with Gasteiger partial charge in [-0.15, -0.1) is 0 Å². The Hall–Kier alpha value is -3.68. The topological polar surface area (TPSA) is 44.7 Å². The quantitative estimate of drug-likeness (QED) is 0.414. The van der Waals surface area contributed by atoms with Crippen LogP contribution in [0.15, 0.2) is 65.7 Å². The molecule has 1 N–H and O–H groups in total. The fourth-order valence-electron chi connectivity index (χ4n) is 4.18. The predicted molar refractivity (Wildman–Crippen MR) is 114 cm³/mol. The monoisotopic (exact) mass is 439 g/mol. The SMILES string of the molecule is O=C1Nc2cc(F)ccc2C1C=Nc1ccc(N2Cc3ccccc3C2)c(C(F)(F)F)c1. The van der Waals surface area contributed by atoms with Gasteiger partial charge in [-0.2, -0.15) is 13.2 Å². The first-order valence-electron chi connectivity index (χ1n) is 9.97. The average Bonchev–Trinajstić information content (AvgIpc) is 3.31. The van der Waals surface area contributed by atoms with Crippen LogP contribution in [0.1, 0.15) is 28.2 Å². The molecule has 3 aromatic rings. The highest BCUT2D eigenvalue weighted by Crippen LogP contribution is 2.41. The van der Waals surface area contributed by atoms with Crippen LogP contribution < -0.4 is 10.2 Å². The van der Waals surface area contributed by atoms with Gasteiger partial charge in [-0.1, -0.05) is 30.3 Å². The van der Waals surface area contributed by atoms with Crippen molar-refractivity contribution in [3.63, 3.8) is 0 Å². The lowest BCUT2D eigenvalue weighted by molar-refractivity contribution is -0.137. The van der Waals surface area contributed by atoms with Gasteiger partial charge in [-0.05, 0) is 47.0 Å². The first-order valence-corrected chi connectivity index (χ1v) is 9.97. The van der Waals surface area contributed by atoms with Gasteiger partial charge in [-0.25, -0.2) is 4.39 Å². The van der Waals surface area contributed by atoms with Crippen LogP contribution in [0.25, 0.3) is 0 Å². The molecule has 0 radical (unpaired) electrons. The maximum absolute atomic E-state index is 13.9. The Morgan fingerprint density at radius 1 is 1.00 bits per heavy atom. The first-order chi connectivity index (χ1) is 15.3. The summed E-state index contributed by atoms with van der Waals surface area (Å²) in [5, 5.41) is 2.56. The summed E-state index contributed by atoms with van der Waals surface area (Å²) >= 11 is 0. The summed E-state index contributed by atoms with van der Waals surface area (Å²) < 4.78 is 55.0. The lowest BCUT2D eigenvalue weighted by Crippen LogP contribution is -2.19. The summed E-state index contributed by atoms with van der Waals surface area (Å²) in [5.74, 6) is -1.69. The van der Waals surface area contributed by atoms with Crippen molar-refractivity contribution in [2.75, 3.05) is 10.2 Å². The number of nitrogens with one attached hydrogen (secondary N) is 1. The number of rotatable bonds is 3. The standard InChI is InChI=1S/C24H17F4N3O/c25-16-5-7-18-19(23(32)30-21(18)9-16)11-29-17-6-8-22(20(10-17)24(26,27)28)31-12-14-3-1-2-4-15(14)13-31/h1-11,19H,12-13H2,(H,30,32). The number of aliphatic imine (C=N–C) groups is 1. The molecule has 0 bridgehead atoms. The molecule has 1 unspecified atom stereocenters. The van der Waals surface area contributed by atoms with E-state index in [4.69, 9.17) is 0 Å². The van der Waals surface area contributed by atoms with Crippen LogP contribution in [0.4, 0.5) is 34.6 Å². The van der Waals surface area contributed by atoms with E-state index >= 15 is 0 Å². The Labute approximate surface area is 181 Å². The van der Waals surface area contributed by atoms with Crippen molar-refractivity contribution in [1.82, 2.24) is 0 Å². The van der Waals surface area contributed by atoms with Crippen molar-refractivity contribution in [3.05, 3.63) is 88.7 Å². The number of fused-ring (bicyclic) bond motifs is 2. The average molecular weight is 439 g/mol. The molecule has 1 atom stereocenters. The molecule has 0 spiro atoms. The highest BCUT2D eigenvalue weighted by molar-refractivity contribution is 6.12. The molecule has 8 heteroatoms. The molecule has 0 fully saturated rings. The molecule has 0 saturated heterocycles. The van der Waals surface area contributed by atoms with Gasteiger partial charge in [-0.3, -0.25) is 9.79 Å². The van der Waals surface area contributed by atoms with Crippen molar-refractivity contribution in [2.45, 2.75) is 25.2 Å². The van der Waals surface area contributed by atoms with Crippen molar-refractivity contribution >= 4 is 29.2 Å². The molecule has 5 rings (SSSR count). The molecule has 0 saturated carbocycles. The minimum absolute atomic E-state index is 0.0844. The number of amides is 1. The van der Waals surface area contributed by atoms with E-state index in [1.54, 1.807) is 4.90 Å². The summed E-state index contributed by atoms with van der Waals surface area (Å²) in [7, 11) is 0. The van der Waals surface area contributed by atoms with Gasteiger partial charge in [0.1, 0.15) is 11.7 Å². The minimum atomic E-state index is -4.56. The largest absolute Gasteiger partial charge is 0.418 e. The molecule has 2 aliphatic heterocycles. The van der Waals surface area contributed by atoms with Crippen LogP contribution in [-0.2, 0) is 24.1 Å². The number of carbonyl (C=O) groups excluding carboxylic acids is 1. The first kappa shape index (κ1) is 20.2. The van der Waals surface area contributed by atoms with Crippen molar-refractivity contribution in [2.24, 2.45) is 4.99 Å². The van der Waals surface area contributed by atoms with Gasteiger partial charge in [0.2, 0.25) is 5.91 Å². The maximum Gasteiger partial charge on any atom is 0.418 e. The van der Waals surface area contributed by atoms with Crippen LogP contribution in [0, 0.1) is 5.82 Å². The maximum atomic E-state index is 13.9. The third-order valence-corrected chi connectivity index (χ3v) is 5.73. The fraction of sp³-hybridized carbons (Fsp3) is 0.167. The predicted octanol–water partition coefficient (Wildman–Crippen LogP) is 5.80.